The summed E-state index contributed by atoms with van der Waals surface area (Å²) in [7, 11) is 0. The largest absolute Gasteiger partial charge is 0.456 e. The molecule has 0 saturated carbocycles. The molecular weight excluding hydrogens is 226 g/mol. The fourth-order valence-electron chi connectivity index (χ4n) is 1.99. The Balaban J connectivity index is 2.18. The van der Waals surface area contributed by atoms with Crippen molar-refractivity contribution < 1.29 is 9.21 Å². The highest BCUT2D eigenvalue weighted by atomic mass is 16.3. The maximum Gasteiger partial charge on any atom is 0.242 e. The molecule has 0 bridgehead atoms. The van der Waals surface area contributed by atoms with Crippen LogP contribution < -0.4 is 0 Å². The number of aliphatic imine (C=N–C) groups is 1. The van der Waals surface area contributed by atoms with E-state index in [2.05, 4.69) is 4.99 Å². The van der Waals surface area contributed by atoms with Crippen LogP contribution in [0.3, 0.4) is 0 Å². The summed E-state index contributed by atoms with van der Waals surface area (Å²) in [4.78, 5) is 14.6. The number of para-hydroxylation sites is 1. The molecule has 0 saturated heterocycles. The molecule has 0 N–H and O–H groups in total. The second-order valence-electron chi connectivity index (χ2n) is 4.13. The van der Waals surface area contributed by atoms with Crippen molar-refractivity contribution in [3.05, 3.63) is 48.0 Å². The molecule has 18 heavy (non-hydrogen) atoms. The maximum atomic E-state index is 10.8. The maximum absolute atomic E-state index is 10.8. The number of rotatable bonds is 1. The van der Waals surface area contributed by atoms with E-state index in [4.69, 9.17) is 4.42 Å². The smallest absolute Gasteiger partial charge is 0.242 e. The number of carbonyl (C=O) groups is 1. The van der Waals surface area contributed by atoms with Gasteiger partial charge in [-0.3, -0.25) is 4.79 Å². The van der Waals surface area contributed by atoms with Crippen LogP contribution >= 0.6 is 0 Å². The molecule has 1 heterocycles. The van der Waals surface area contributed by atoms with E-state index in [0.717, 1.165) is 27.5 Å². The van der Waals surface area contributed by atoms with Gasteiger partial charge in [-0.25, -0.2) is 4.99 Å². The van der Waals surface area contributed by atoms with Crippen LogP contribution in [0, 0.1) is 0 Å². The Hall–Kier alpha value is -2.42. The van der Waals surface area contributed by atoms with Crippen molar-refractivity contribution in [2.75, 3.05) is 0 Å². The van der Waals surface area contributed by atoms with E-state index in [1.165, 1.54) is 6.92 Å². The predicted molar refractivity (Wildman–Crippen MR) is 72.0 cm³/mol. The van der Waals surface area contributed by atoms with Crippen LogP contribution in [0.1, 0.15) is 12.5 Å². The Bertz CT molecular complexity index is 768. The summed E-state index contributed by atoms with van der Waals surface area (Å²) in [6.45, 7) is 1.43. The third-order valence-electron chi connectivity index (χ3n) is 2.80. The number of furan rings is 1. The van der Waals surface area contributed by atoms with Crippen molar-refractivity contribution in [2.45, 2.75) is 6.92 Å². The third-order valence-corrected chi connectivity index (χ3v) is 2.80. The van der Waals surface area contributed by atoms with Crippen molar-refractivity contribution in [1.82, 2.24) is 0 Å². The lowest BCUT2D eigenvalue weighted by Gasteiger charge is -1.92. The molecule has 0 aliphatic heterocycles. The van der Waals surface area contributed by atoms with Crippen molar-refractivity contribution in [3.63, 3.8) is 0 Å². The monoisotopic (exact) mass is 237 g/mol. The Morgan fingerprint density at radius 2 is 1.89 bits per heavy atom. The number of amides is 1. The predicted octanol–water partition coefficient (Wildman–Crippen LogP) is 3.55. The molecule has 0 aliphatic rings. The topological polar surface area (TPSA) is 42.6 Å². The standard InChI is InChI=1S/C15H11NO2/c1-10(17)16-9-11-6-7-13-12-4-2-3-5-14(12)18-15(13)8-11/h2-9H,1H3. The van der Waals surface area contributed by atoms with Gasteiger partial charge in [0.05, 0.1) is 0 Å². The fourth-order valence-corrected chi connectivity index (χ4v) is 1.99. The average Bonchev–Trinajstić information content (AvgIpc) is 2.73. The zero-order chi connectivity index (χ0) is 12.5. The van der Waals surface area contributed by atoms with E-state index in [9.17, 15) is 4.79 Å². The number of benzene rings is 2. The van der Waals surface area contributed by atoms with E-state index < -0.39 is 0 Å². The number of hydrogen-bond acceptors (Lipinski definition) is 2. The average molecular weight is 237 g/mol. The molecule has 3 aromatic rings. The molecule has 3 rings (SSSR count). The van der Waals surface area contributed by atoms with Gasteiger partial charge in [-0.05, 0) is 23.8 Å². The first-order valence-corrected chi connectivity index (χ1v) is 5.70. The number of fused-ring (bicyclic) bond motifs is 3. The summed E-state index contributed by atoms with van der Waals surface area (Å²) in [6, 6.07) is 13.7. The van der Waals surface area contributed by atoms with Crippen LogP contribution in [0.15, 0.2) is 51.9 Å². The zero-order valence-corrected chi connectivity index (χ0v) is 9.88. The van der Waals surface area contributed by atoms with Crippen LogP contribution in [-0.4, -0.2) is 12.1 Å². The SMILES string of the molecule is CC(=O)N=Cc1ccc2c(c1)oc1ccccc12. The summed E-state index contributed by atoms with van der Waals surface area (Å²) < 4.78 is 5.75. The lowest BCUT2D eigenvalue weighted by Crippen LogP contribution is -1.86. The first-order chi connectivity index (χ1) is 8.74. The van der Waals surface area contributed by atoms with Gasteiger partial charge in [0.25, 0.3) is 0 Å². The quantitative estimate of drug-likeness (QED) is 0.607. The van der Waals surface area contributed by atoms with Gasteiger partial charge < -0.3 is 4.42 Å². The van der Waals surface area contributed by atoms with Gasteiger partial charge in [0.15, 0.2) is 0 Å². The van der Waals surface area contributed by atoms with Crippen LogP contribution in [0.4, 0.5) is 0 Å². The first kappa shape index (κ1) is 10.7. The van der Waals surface area contributed by atoms with E-state index in [1.54, 1.807) is 6.21 Å². The van der Waals surface area contributed by atoms with Gasteiger partial charge in [0, 0.05) is 23.9 Å². The molecule has 2 aromatic carbocycles. The van der Waals surface area contributed by atoms with Gasteiger partial charge in [0.1, 0.15) is 11.2 Å². The summed E-state index contributed by atoms with van der Waals surface area (Å²) >= 11 is 0. The molecule has 88 valence electrons. The van der Waals surface area contributed by atoms with Crippen LogP contribution in [0.2, 0.25) is 0 Å². The van der Waals surface area contributed by atoms with Crippen molar-refractivity contribution in [3.8, 4) is 0 Å². The van der Waals surface area contributed by atoms with E-state index in [-0.39, 0.29) is 5.91 Å². The van der Waals surface area contributed by atoms with Crippen LogP contribution in [0.25, 0.3) is 21.9 Å². The van der Waals surface area contributed by atoms with Crippen molar-refractivity contribution in [2.24, 2.45) is 4.99 Å². The molecular formula is C15H11NO2. The first-order valence-electron chi connectivity index (χ1n) is 5.70. The Labute approximate surface area is 104 Å². The second kappa shape index (κ2) is 4.11. The van der Waals surface area contributed by atoms with Gasteiger partial charge in [-0.1, -0.05) is 24.3 Å². The molecule has 0 aliphatic carbocycles. The van der Waals surface area contributed by atoms with Crippen LogP contribution in [0.5, 0.6) is 0 Å². The minimum atomic E-state index is -0.209. The summed E-state index contributed by atoms with van der Waals surface area (Å²) in [5.74, 6) is -0.209. The normalized spacial score (nSPS) is 11.6. The fraction of sp³-hybridized carbons (Fsp3) is 0.0667. The minimum absolute atomic E-state index is 0.209. The van der Waals surface area contributed by atoms with Gasteiger partial charge in [-0.2, -0.15) is 0 Å². The minimum Gasteiger partial charge on any atom is -0.456 e. The summed E-state index contributed by atoms with van der Waals surface area (Å²) in [5.41, 5.74) is 2.54. The zero-order valence-electron chi connectivity index (χ0n) is 9.88. The Kier molecular flexibility index (Phi) is 2.45. The molecule has 1 aromatic heterocycles. The van der Waals surface area contributed by atoms with Gasteiger partial charge in [-0.15, -0.1) is 0 Å². The highest BCUT2D eigenvalue weighted by Gasteiger charge is 2.05. The molecule has 0 unspecified atom stereocenters. The lowest BCUT2D eigenvalue weighted by molar-refractivity contribution is -0.115. The lowest BCUT2D eigenvalue weighted by atomic mass is 10.1. The molecule has 3 nitrogen and oxygen atoms in total. The van der Waals surface area contributed by atoms with E-state index in [0.29, 0.717) is 0 Å². The third kappa shape index (κ3) is 1.80. The highest BCUT2D eigenvalue weighted by Crippen LogP contribution is 2.28. The molecule has 0 atom stereocenters. The molecule has 0 radical (unpaired) electrons. The molecule has 1 amide bonds. The van der Waals surface area contributed by atoms with Gasteiger partial charge >= 0.3 is 0 Å². The molecule has 0 spiro atoms. The molecule has 0 fully saturated rings. The number of nitrogens with zero attached hydrogens (tertiary/aromatic N) is 1. The van der Waals surface area contributed by atoms with Crippen molar-refractivity contribution in [1.29, 1.82) is 0 Å². The van der Waals surface area contributed by atoms with Gasteiger partial charge in [0.2, 0.25) is 5.91 Å². The second-order valence-corrected chi connectivity index (χ2v) is 4.13. The highest BCUT2D eigenvalue weighted by molar-refractivity contribution is 6.06. The van der Waals surface area contributed by atoms with Crippen molar-refractivity contribution >= 4 is 34.1 Å². The number of hydrogen-bond donors (Lipinski definition) is 0. The summed E-state index contributed by atoms with van der Waals surface area (Å²) in [6.07, 6.45) is 1.55. The van der Waals surface area contributed by atoms with E-state index >= 15 is 0 Å². The van der Waals surface area contributed by atoms with Crippen LogP contribution in [-0.2, 0) is 4.79 Å². The van der Waals surface area contributed by atoms with E-state index in [1.807, 2.05) is 42.5 Å². The summed E-state index contributed by atoms with van der Waals surface area (Å²) in [5, 5.41) is 2.17. The Morgan fingerprint density at radius 1 is 1.11 bits per heavy atom. The number of carbonyl (C=O) groups excluding carboxylic acids is 1. The molecule has 3 heteroatoms. The Morgan fingerprint density at radius 3 is 2.72 bits per heavy atom.